The molecular formula is C27H22N2O3S. The summed E-state index contributed by atoms with van der Waals surface area (Å²) in [6, 6.07) is 33.7. The van der Waals surface area contributed by atoms with Crippen LogP contribution in [0.2, 0.25) is 0 Å². The minimum absolute atomic E-state index is 0.0207. The monoisotopic (exact) mass is 454 g/mol. The fraction of sp³-hybridized carbons (Fsp3) is 0.0741. The molecule has 0 radical (unpaired) electrons. The predicted octanol–water partition coefficient (Wildman–Crippen LogP) is 5.26. The molecule has 0 aromatic heterocycles. The number of hydrogen-bond acceptors (Lipinski definition) is 3. The molecule has 1 amide bonds. The van der Waals surface area contributed by atoms with E-state index < -0.39 is 16.1 Å². The van der Waals surface area contributed by atoms with Crippen LogP contribution < -0.4 is 4.31 Å². The number of hydrogen-bond donors (Lipinski definition) is 0. The lowest BCUT2D eigenvalue weighted by atomic mass is 9.99. The van der Waals surface area contributed by atoms with Crippen molar-refractivity contribution in [3.8, 4) is 11.1 Å². The first kappa shape index (κ1) is 21.0. The maximum atomic E-state index is 13.8. The second-order valence-electron chi connectivity index (χ2n) is 7.85. The average Bonchev–Trinajstić information content (AvgIpc) is 2.86. The van der Waals surface area contributed by atoms with E-state index in [0.29, 0.717) is 11.3 Å². The van der Waals surface area contributed by atoms with Gasteiger partial charge in [0.05, 0.1) is 24.3 Å². The van der Waals surface area contributed by atoms with E-state index in [0.717, 1.165) is 26.6 Å². The molecule has 0 aliphatic carbocycles. The first-order chi connectivity index (χ1) is 16.1. The van der Waals surface area contributed by atoms with Crippen molar-refractivity contribution in [1.29, 1.82) is 0 Å². The van der Waals surface area contributed by atoms with E-state index in [1.807, 2.05) is 84.9 Å². The number of nitrogens with zero attached hydrogens (tertiary/aromatic N) is 2. The van der Waals surface area contributed by atoms with Gasteiger partial charge in [-0.25, -0.2) is 8.61 Å². The van der Waals surface area contributed by atoms with Gasteiger partial charge in [0.2, 0.25) is 0 Å². The number of para-hydroxylation sites is 1. The van der Waals surface area contributed by atoms with Crippen molar-refractivity contribution < 1.29 is 13.2 Å². The molecule has 1 aliphatic rings. The van der Waals surface area contributed by atoms with Crippen LogP contribution in [0.1, 0.15) is 21.5 Å². The summed E-state index contributed by atoms with van der Waals surface area (Å²) in [5.41, 5.74) is 4.34. The zero-order chi connectivity index (χ0) is 22.8. The Bertz CT molecular complexity index is 1400. The Balaban J connectivity index is 1.60. The lowest BCUT2D eigenvalue weighted by Crippen LogP contribution is -2.50. The van der Waals surface area contributed by atoms with Gasteiger partial charge in [0.15, 0.2) is 0 Å². The van der Waals surface area contributed by atoms with Crippen LogP contribution in [0.5, 0.6) is 0 Å². The lowest BCUT2D eigenvalue weighted by Gasteiger charge is -2.37. The highest BCUT2D eigenvalue weighted by molar-refractivity contribution is 7.91. The Morgan fingerprint density at radius 2 is 1.15 bits per heavy atom. The van der Waals surface area contributed by atoms with Crippen molar-refractivity contribution in [2.24, 2.45) is 0 Å². The van der Waals surface area contributed by atoms with Crippen molar-refractivity contribution >= 4 is 21.8 Å². The van der Waals surface area contributed by atoms with Gasteiger partial charge in [-0.3, -0.25) is 4.79 Å². The first-order valence-corrected chi connectivity index (χ1v) is 12.1. The molecule has 164 valence electrons. The summed E-state index contributed by atoms with van der Waals surface area (Å²) in [5, 5.41) is 0. The third-order valence-corrected chi connectivity index (χ3v) is 7.51. The summed E-state index contributed by atoms with van der Waals surface area (Å²) in [5.74, 6) is -0.512. The molecule has 5 nitrogen and oxygen atoms in total. The number of fused-ring (bicyclic) bond motifs is 1. The van der Waals surface area contributed by atoms with Gasteiger partial charge >= 0.3 is 10.2 Å². The minimum atomic E-state index is -4.11. The third-order valence-electron chi connectivity index (χ3n) is 5.77. The van der Waals surface area contributed by atoms with Gasteiger partial charge < -0.3 is 0 Å². The quantitative estimate of drug-likeness (QED) is 0.413. The number of carbonyl (C=O) groups excluding carboxylic acids is 1. The van der Waals surface area contributed by atoms with Crippen molar-refractivity contribution in [1.82, 2.24) is 4.31 Å². The summed E-state index contributed by atoms with van der Waals surface area (Å²) in [6.07, 6.45) is 0. The van der Waals surface area contributed by atoms with Crippen LogP contribution in [-0.2, 0) is 23.3 Å². The molecule has 33 heavy (non-hydrogen) atoms. The van der Waals surface area contributed by atoms with E-state index in [-0.39, 0.29) is 13.1 Å². The van der Waals surface area contributed by atoms with Crippen molar-refractivity contribution in [3.05, 3.63) is 126 Å². The Labute approximate surface area is 193 Å². The third kappa shape index (κ3) is 3.90. The summed E-state index contributed by atoms with van der Waals surface area (Å²) >= 11 is 0. The summed E-state index contributed by atoms with van der Waals surface area (Å²) in [4.78, 5) is 13.2. The molecule has 1 aliphatic heterocycles. The molecule has 0 N–H and O–H groups in total. The van der Waals surface area contributed by atoms with Gasteiger partial charge in [-0.1, -0.05) is 97.1 Å². The smallest absolute Gasteiger partial charge is 0.268 e. The van der Waals surface area contributed by atoms with Crippen LogP contribution in [-0.4, -0.2) is 18.6 Å². The van der Waals surface area contributed by atoms with Crippen molar-refractivity contribution in [2.75, 3.05) is 4.31 Å². The van der Waals surface area contributed by atoms with Crippen LogP contribution >= 0.6 is 0 Å². The molecule has 0 saturated heterocycles. The zero-order valence-electron chi connectivity index (χ0n) is 17.8. The SMILES string of the molecule is O=C1c2ccccc2N(Cc2ccccc2-c2ccccc2)S(=O)(=O)N1Cc1ccccc1. The minimum Gasteiger partial charge on any atom is -0.268 e. The first-order valence-electron chi connectivity index (χ1n) is 10.7. The predicted molar refractivity (Wildman–Crippen MR) is 130 cm³/mol. The summed E-state index contributed by atoms with van der Waals surface area (Å²) < 4.78 is 29.9. The molecule has 0 bridgehead atoms. The topological polar surface area (TPSA) is 57.7 Å². The van der Waals surface area contributed by atoms with Crippen molar-refractivity contribution in [3.63, 3.8) is 0 Å². The fourth-order valence-electron chi connectivity index (χ4n) is 4.14. The van der Waals surface area contributed by atoms with E-state index >= 15 is 0 Å². The lowest BCUT2D eigenvalue weighted by molar-refractivity contribution is 0.0851. The Kier molecular flexibility index (Phi) is 5.44. The van der Waals surface area contributed by atoms with Gasteiger partial charge in [0, 0.05) is 0 Å². The number of anilines is 1. The van der Waals surface area contributed by atoms with E-state index in [9.17, 15) is 13.2 Å². The fourth-order valence-corrected chi connectivity index (χ4v) is 5.70. The molecule has 4 aromatic rings. The Morgan fingerprint density at radius 1 is 0.576 bits per heavy atom. The van der Waals surface area contributed by atoms with Crippen LogP contribution in [0.4, 0.5) is 5.69 Å². The van der Waals surface area contributed by atoms with Crippen LogP contribution in [0.25, 0.3) is 11.1 Å². The molecule has 6 heteroatoms. The second kappa shape index (κ2) is 8.56. The number of carbonyl (C=O) groups is 1. The maximum Gasteiger partial charge on any atom is 0.329 e. The number of benzene rings is 4. The number of amides is 1. The van der Waals surface area contributed by atoms with Gasteiger partial charge in [-0.05, 0) is 34.4 Å². The summed E-state index contributed by atoms with van der Waals surface area (Å²) in [6.45, 7) is 0.0934. The highest BCUT2D eigenvalue weighted by atomic mass is 32.2. The molecule has 4 aromatic carbocycles. The molecule has 0 spiro atoms. The van der Waals surface area contributed by atoms with Gasteiger partial charge in [-0.15, -0.1) is 0 Å². The van der Waals surface area contributed by atoms with Crippen molar-refractivity contribution in [2.45, 2.75) is 13.1 Å². The van der Waals surface area contributed by atoms with Gasteiger partial charge in [0.1, 0.15) is 0 Å². The molecule has 0 fully saturated rings. The number of rotatable bonds is 5. The molecule has 0 unspecified atom stereocenters. The molecule has 0 atom stereocenters. The van der Waals surface area contributed by atoms with Crippen LogP contribution in [0, 0.1) is 0 Å². The average molecular weight is 455 g/mol. The molecule has 0 saturated carbocycles. The maximum absolute atomic E-state index is 13.8. The van der Waals surface area contributed by atoms with E-state index in [2.05, 4.69) is 0 Å². The van der Waals surface area contributed by atoms with Gasteiger partial charge in [-0.2, -0.15) is 8.42 Å². The highest BCUT2D eigenvalue weighted by Crippen LogP contribution is 2.36. The second-order valence-corrected chi connectivity index (χ2v) is 9.63. The van der Waals surface area contributed by atoms with E-state index in [4.69, 9.17) is 0 Å². The zero-order valence-corrected chi connectivity index (χ0v) is 18.7. The van der Waals surface area contributed by atoms with E-state index in [1.165, 1.54) is 4.31 Å². The van der Waals surface area contributed by atoms with Crippen LogP contribution in [0.3, 0.4) is 0 Å². The standard InChI is InChI=1S/C27H22N2O3S/c30-27-25-17-9-10-18-26(25)28(33(31,32)29(27)19-21-11-3-1-4-12-21)20-23-15-7-8-16-24(23)22-13-5-2-6-14-22/h1-18H,19-20H2. The van der Waals surface area contributed by atoms with E-state index in [1.54, 1.807) is 24.3 Å². The van der Waals surface area contributed by atoms with Crippen LogP contribution in [0.15, 0.2) is 109 Å². The van der Waals surface area contributed by atoms with Gasteiger partial charge in [0.25, 0.3) is 5.91 Å². The molecule has 1 heterocycles. The summed E-state index contributed by atoms with van der Waals surface area (Å²) in [7, 11) is -4.11. The highest BCUT2D eigenvalue weighted by Gasteiger charge is 2.41. The Morgan fingerprint density at radius 3 is 1.88 bits per heavy atom. The molecule has 5 rings (SSSR count). The Hall–Kier alpha value is -3.90. The normalized spacial score (nSPS) is 14.7. The largest absolute Gasteiger partial charge is 0.329 e. The molecular weight excluding hydrogens is 432 g/mol.